The quantitative estimate of drug-likeness (QED) is 0.0462. The molecule has 518 valence electrons. The highest BCUT2D eigenvalue weighted by atomic mass is 35.6. The molecule has 2 fully saturated rings. The van der Waals surface area contributed by atoms with Crippen molar-refractivity contribution in [2.75, 3.05) is 19.7 Å². The minimum atomic E-state index is -1.78. The van der Waals surface area contributed by atoms with Gasteiger partial charge in [0.25, 0.3) is 23.6 Å². The predicted octanol–water partition coefficient (Wildman–Crippen LogP) is 10.2. The SMILES string of the molecule is C[C@@H]1NC(=O)[C@H](C(C)(C)C)OC(=O)C(C)(C)/C=C/c2ccc3ccc(nc3c2)[C@@H](C)NC(=O)[C@@H]2CCCN(N2)C1=O.C[C@H](NC(=O)[C@@H](OC(=O)C(C)(C)/C=C/c1ccc2ccc([C@@H](C)NC(=O)OC(C)(C)C)nc2c1)C(C)(C)C)C(=O)N1CCC[C@@H](C(=O)OCC(Cl)(Cl)Cl)N1. The Balaban J connectivity index is 0.000000312. The van der Waals surface area contributed by atoms with Crippen LogP contribution in [-0.2, 0) is 57.3 Å². The Labute approximate surface area is 571 Å². The lowest BCUT2D eigenvalue weighted by molar-refractivity contribution is -0.169. The van der Waals surface area contributed by atoms with Gasteiger partial charge >= 0.3 is 24.0 Å². The number of amides is 6. The number of pyridine rings is 2. The molecule has 26 heteroatoms. The molecule has 0 saturated carbocycles. The lowest BCUT2D eigenvalue weighted by atomic mass is 9.87. The molecule has 23 nitrogen and oxygen atoms in total. The minimum Gasteiger partial charge on any atom is -0.460 e. The zero-order valence-electron chi connectivity index (χ0n) is 57.4. The van der Waals surface area contributed by atoms with E-state index in [-0.39, 0.29) is 24.4 Å². The van der Waals surface area contributed by atoms with Crippen LogP contribution in [0.25, 0.3) is 34.0 Å². The van der Waals surface area contributed by atoms with Gasteiger partial charge in [-0.2, -0.15) is 0 Å². The normalized spacial score (nSPS) is 21.6. The maximum Gasteiger partial charge on any atom is 0.408 e. The maximum atomic E-state index is 13.6. The van der Waals surface area contributed by atoms with Crippen molar-refractivity contribution in [3.8, 4) is 0 Å². The van der Waals surface area contributed by atoms with Gasteiger partial charge in [0, 0.05) is 34.7 Å². The summed E-state index contributed by atoms with van der Waals surface area (Å²) in [7, 11) is 0. The third kappa shape index (κ3) is 22.0. The summed E-state index contributed by atoms with van der Waals surface area (Å²) in [6.45, 7) is 29.8. The van der Waals surface area contributed by atoms with Crippen LogP contribution in [-0.4, -0.2) is 139 Å². The molecule has 2 saturated heterocycles. The van der Waals surface area contributed by atoms with Gasteiger partial charge < -0.3 is 40.2 Å². The number of carbonyl (C=O) groups is 9. The van der Waals surface area contributed by atoms with E-state index in [1.165, 1.54) is 16.9 Å². The van der Waals surface area contributed by atoms with Crippen molar-refractivity contribution in [3.63, 3.8) is 0 Å². The van der Waals surface area contributed by atoms with Gasteiger partial charge in [-0.15, -0.1) is 0 Å². The molecule has 8 atom stereocenters. The van der Waals surface area contributed by atoms with Gasteiger partial charge in [-0.25, -0.2) is 15.6 Å². The van der Waals surface area contributed by atoms with Crippen molar-refractivity contribution < 1.29 is 62.1 Å². The number of alkyl carbamates (subject to hydrolysis) is 1. The van der Waals surface area contributed by atoms with Crippen LogP contribution >= 0.6 is 34.8 Å². The van der Waals surface area contributed by atoms with Crippen LogP contribution in [0.2, 0.25) is 0 Å². The van der Waals surface area contributed by atoms with Crippen LogP contribution in [0.4, 0.5) is 4.79 Å². The number of fused-ring (bicyclic) bond motifs is 5. The van der Waals surface area contributed by atoms with Crippen LogP contribution in [0, 0.1) is 21.7 Å². The number of carbonyl (C=O) groups excluding carboxylic acids is 9. The van der Waals surface area contributed by atoms with E-state index < -0.39 is 122 Å². The highest BCUT2D eigenvalue weighted by molar-refractivity contribution is 6.67. The monoisotopic (exact) mass is 1370 g/mol. The molecular formula is C69H93Cl3N10O13. The predicted molar refractivity (Wildman–Crippen MR) is 364 cm³/mol. The first kappa shape index (κ1) is 76.6. The Morgan fingerprint density at radius 3 is 2.03 bits per heavy atom. The molecular weight excluding hydrogens is 1280 g/mol. The van der Waals surface area contributed by atoms with Crippen LogP contribution in [0.15, 0.2) is 72.8 Å². The summed E-state index contributed by atoms with van der Waals surface area (Å²) < 4.78 is 20.3. The van der Waals surface area contributed by atoms with E-state index in [1.54, 1.807) is 115 Å². The van der Waals surface area contributed by atoms with Crippen LogP contribution in [0.1, 0.15) is 178 Å². The number of aromatic nitrogens is 2. The van der Waals surface area contributed by atoms with Crippen LogP contribution < -0.4 is 32.1 Å². The molecule has 7 rings (SSSR count). The number of hydrazine groups is 2. The molecule has 0 aliphatic carbocycles. The summed E-state index contributed by atoms with van der Waals surface area (Å²) in [4.78, 5) is 128. The first-order valence-corrected chi connectivity index (χ1v) is 33.0. The number of nitrogens with one attached hydrogen (secondary N) is 6. The zero-order valence-corrected chi connectivity index (χ0v) is 59.6. The van der Waals surface area contributed by atoms with E-state index in [0.717, 1.165) is 27.4 Å². The molecule has 0 spiro atoms. The third-order valence-electron chi connectivity index (χ3n) is 15.7. The number of benzene rings is 2. The van der Waals surface area contributed by atoms with Gasteiger partial charge in [-0.1, -0.05) is 137 Å². The van der Waals surface area contributed by atoms with E-state index in [9.17, 15) is 43.2 Å². The Morgan fingerprint density at radius 2 is 1.39 bits per heavy atom. The van der Waals surface area contributed by atoms with Crippen LogP contribution in [0.3, 0.4) is 0 Å². The lowest BCUT2D eigenvalue weighted by Crippen LogP contribution is -2.61. The second-order valence-electron chi connectivity index (χ2n) is 28.7. The molecule has 3 aliphatic heterocycles. The van der Waals surface area contributed by atoms with Crippen molar-refractivity contribution in [1.29, 1.82) is 0 Å². The number of hydrogen-bond acceptors (Lipinski definition) is 17. The van der Waals surface area contributed by atoms with E-state index in [0.29, 0.717) is 49.1 Å². The minimum absolute atomic E-state index is 0.238. The molecule has 95 heavy (non-hydrogen) atoms. The average Bonchev–Trinajstić information content (AvgIpc) is 1.18. The van der Waals surface area contributed by atoms with Crippen molar-refractivity contribution in [3.05, 3.63) is 95.3 Å². The number of esters is 3. The first-order chi connectivity index (χ1) is 43.9. The Hall–Kier alpha value is -7.44. The highest BCUT2D eigenvalue weighted by Crippen LogP contribution is 2.32. The summed E-state index contributed by atoms with van der Waals surface area (Å²) >= 11 is 17.0. The summed E-state index contributed by atoms with van der Waals surface area (Å²) in [5, 5.41) is 15.7. The first-order valence-electron chi connectivity index (χ1n) is 31.8. The lowest BCUT2D eigenvalue weighted by Gasteiger charge is -2.36. The van der Waals surface area contributed by atoms with E-state index >= 15 is 0 Å². The van der Waals surface area contributed by atoms with E-state index in [4.69, 9.17) is 63.7 Å². The second-order valence-corrected chi connectivity index (χ2v) is 31.2. The smallest absolute Gasteiger partial charge is 0.408 e. The molecule has 6 amide bonds. The molecule has 0 radical (unpaired) electrons. The Bertz CT molecular complexity index is 3570. The fraction of sp³-hybridized carbons (Fsp3) is 0.551. The van der Waals surface area contributed by atoms with Crippen molar-refractivity contribution in [2.45, 2.75) is 201 Å². The number of cyclic esters (lactones) is 1. The maximum absolute atomic E-state index is 13.6. The van der Waals surface area contributed by atoms with Gasteiger partial charge in [0.2, 0.25) is 9.70 Å². The van der Waals surface area contributed by atoms with Crippen molar-refractivity contribution in [1.82, 2.24) is 52.1 Å². The van der Waals surface area contributed by atoms with Gasteiger partial charge in [-0.05, 0) is 137 Å². The van der Waals surface area contributed by atoms with E-state index in [2.05, 4.69) is 32.1 Å². The number of rotatable bonds is 11. The fourth-order valence-electron chi connectivity index (χ4n) is 10.1. The number of halogens is 3. The second kappa shape index (κ2) is 31.2. The molecule has 2 aromatic heterocycles. The Kier molecular flexibility index (Phi) is 25.1. The van der Waals surface area contributed by atoms with Gasteiger partial charge in [-0.3, -0.25) is 58.3 Å². The Morgan fingerprint density at radius 1 is 0.768 bits per heavy atom. The van der Waals surface area contributed by atoms with Gasteiger partial charge in [0.05, 0.1) is 45.3 Å². The number of alkyl halides is 3. The number of hydrogen-bond donors (Lipinski definition) is 6. The molecule has 5 bridgehead atoms. The van der Waals surface area contributed by atoms with Gasteiger partial charge in [0.1, 0.15) is 36.4 Å². The van der Waals surface area contributed by atoms with Gasteiger partial charge in [0.15, 0.2) is 12.2 Å². The summed E-state index contributed by atoms with van der Waals surface area (Å²) in [6, 6.07) is 14.9. The van der Waals surface area contributed by atoms with Crippen molar-refractivity contribution in [2.24, 2.45) is 21.7 Å². The highest BCUT2D eigenvalue weighted by Gasteiger charge is 2.43. The number of ether oxygens (including phenoxy) is 4. The molecule has 3 aliphatic rings. The summed E-state index contributed by atoms with van der Waals surface area (Å²) in [6.07, 6.45) is 6.17. The largest absolute Gasteiger partial charge is 0.460 e. The standard InChI is InChI=1S/C38H52Cl3N5O8.C31H41N5O5/c1-22(43-34(51)54-36(6,7)8)26-16-15-25-14-13-24(20-28(25)44-26)17-18-37(9,10)33(50)53-29(35(3,4)5)30(47)42-23(2)31(48)46-19-11-12-27(45-46)32(49)52-21-38(39,40)41;1-18-22-13-12-21-11-10-20(17-24(21)34-22)14-15-31(6,7)29(40)41-25(30(3,4)5)27(38)33-19(2)28(39)36-16-8-9-23(35-36)26(37)32-18/h13-18,20,22-23,27,29,45H,11-12,19,21H2,1-10H3,(H,42,47)(H,43,51);10-15,17-19,23,25,35H,8-9,16H2,1-7H3,(H,32,37)(H,33,38)/b18-17+;15-14+/t22-,23+,27+,29-;18-,19+,23+,25-/m11/s1. The van der Waals surface area contributed by atoms with Crippen molar-refractivity contribution >= 4 is 122 Å². The molecule has 0 unspecified atom stereocenters. The summed E-state index contributed by atoms with van der Waals surface area (Å²) in [5.74, 6) is -4.24. The zero-order chi connectivity index (χ0) is 70.9. The average molecular weight is 1380 g/mol. The topological polar surface area (TPSA) is 295 Å². The number of nitrogens with zero attached hydrogens (tertiary/aromatic N) is 4. The molecule has 4 aromatic rings. The van der Waals surface area contributed by atoms with E-state index in [1.807, 2.05) is 80.6 Å². The molecule has 5 heterocycles. The van der Waals surface area contributed by atoms with Crippen LogP contribution in [0.5, 0.6) is 0 Å². The molecule has 2 aromatic carbocycles. The molecule has 6 N–H and O–H groups in total. The third-order valence-corrected chi connectivity index (χ3v) is 16.1. The summed E-state index contributed by atoms with van der Waals surface area (Å²) in [5.41, 5.74) is 5.87. The fourth-order valence-corrected chi connectivity index (χ4v) is 10.3.